The van der Waals surface area contributed by atoms with Crippen molar-refractivity contribution in [1.82, 2.24) is 0 Å². The number of hydrogen-bond acceptors (Lipinski definition) is 3. The lowest BCUT2D eigenvalue weighted by molar-refractivity contribution is 0.104. The van der Waals surface area contributed by atoms with Crippen molar-refractivity contribution in [2.24, 2.45) is 0 Å². The highest BCUT2D eigenvalue weighted by molar-refractivity contribution is 6.06. The van der Waals surface area contributed by atoms with Crippen LogP contribution in [0.25, 0.3) is 6.08 Å². The summed E-state index contributed by atoms with van der Waals surface area (Å²) >= 11 is 0. The van der Waals surface area contributed by atoms with E-state index in [2.05, 4.69) is 0 Å². The number of hydrogen-bond donors (Lipinski definition) is 0. The second kappa shape index (κ2) is 7.47. The van der Waals surface area contributed by atoms with Crippen molar-refractivity contribution in [3.05, 3.63) is 95.5 Å². The summed E-state index contributed by atoms with van der Waals surface area (Å²) in [6, 6.07) is 20.8. The summed E-state index contributed by atoms with van der Waals surface area (Å²) in [6.45, 7) is 2.32. The van der Waals surface area contributed by atoms with Crippen LogP contribution in [0.3, 0.4) is 0 Å². The molecule has 0 N–H and O–H groups in total. The van der Waals surface area contributed by atoms with Crippen LogP contribution in [0, 0.1) is 6.92 Å². The predicted octanol–water partition coefficient (Wildman–Crippen LogP) is 5.06. The van der Waals surface area contributed by atoms with Crippen LogP contribution in [0.4, 0.5) is 0 Å². The van der Waals surface area contributed by atoms with E-state index >= 15 is 0 Å². The van der Waals surface area contributed by atoms with Gasteiger partial charge in [-0.2, -0.15) is 0 Å². The minimum atomic E-state index is -0.0443. The second-order valence-electron chi connectivity index (χ2n) is 5.47. The smallest absolute Gasteiger partial charge is 0.185 e. The normalized spacial score (nSPS) is 10.9. The molecule has 0 bridgehead atoms. The summed E-state index contributed by atoms with van der Waals surface area (Å²) in [5.41, 5.74) is 1.73. The van der Waals surface area contributed by atoms with Gasteiger partial charge in [0.25, 0.3) is 0 Å². The van der Waals surface area contributed by atoms with E-state index in [1.54, 1.807) is 12.1 Å². The third kappa shape index (κ3) is 4.23. The summed E-state index contributed by atoms with van der Waals surface area (Å²) < 4.78 is 11.3. The zero-order valence-electron chi connectivity index (χ0n) is 13.4. The molecule has 0 atom stereocenters. The molecule has 2 aromatic carbocycles. The van der Waals surface area contributed by atoms with Gasteiger partial charge in [0.1, 0.15) is 23.9 Å². The highest BCUT2D eigenvalue weighted by Gasteiger charge is 2.04. The molecule has 0 aliphatic carbocycles. The highest BCUT2D eigenvalue weighted by atomic mass is 16.5. The zero-order valence-corrected chi connectivity index (χ0v) is 13.4. The van der Waals surface area contributed by atoms with Crippen molar-refractivity contribution in [2.45, 2.75) is 13.5 Å². The number of ether oxygens (including phenoxy) is 1. The first-order chi connectivity index (χ1) is 11.7. The number of allylic oxidation sites excluding steroid dienone is 1. The summed E-state index contributed by atoms with van der Waals surface area (Å²) in [5.74, 6) is 2.09. The second-order valence-corrected chi connectivity index (χ2v) is 5.47. The number of benzene rings is 2. The molecule has 3 heteroatoms. The Hall–Kier alpha value is -3.07. The van der Waals surface area contributed by atoms with Crippen molar-refractivity contribution in [2.75, 3.05) is 0 Å². The Balaban J connectivity index is 1.60. The van der Waals surface area contributed by atoms with Crippen LogP contribution < -0.4 is 4.74 Å². The third-order valence-corrected chi connectivity index (χ3v) is 3.51. The maximum atomic E-state index is 12.1. The van der Waals surface area contributed by atoms with E-state index in [1.807, 2.05) is 67.6 Å². The van der Waals surface area contributed by atoms with E-state index in [9.17, 15) is 4.79 Å². The predicted molar refractivity (Wildman–Crippen MR) is 94.0 cm³/mol. The lowest BCUT2D eigenvalue weighted by atomic mass is 10.1. The van der Waals surface area contributed by atoms with Crippen LogP contribution in [-0.4, -0.2) is 5.78 Å². The minimum Gasteiger partial charge on any atom is -0.486 e. The standard InChI is InChI=1S/C21H18O3/c1-16-6-5-7-17(14-16)21(22)13-12-19-10-11-20(24-19)15-23-18-8-3-2-4-9-18/h2-14H,15H2,1H3/b13-12+. The molecule has 3 nitrogen and oxygen atoms in total. The van der Waals surface area contributed by atoms with E-state index in [4.69, 9.17) is 9.15 Å². The quantitative estimate of drug-likeness (QED) is 0.471. The van der Waals surface area contributed by atoms with Gasteiger partial charge in [-0.3, -0.25) is 4.79 Å². The number of furan rings is 1. The highest BCUT2D eigenvalue weighted by Crippen LogP contribution is 2.15. The van der Waals surface area contributed by atoms with Crippen molar-refractivity contribution < 1.29 is 13.9 Å². The molecule has 0 saturated carbocycles. The lowest BCUT2D eigenvalue weighted by Gasteiger charge is -2.02. The van der Waals surface area contributed by atoms with E-state index in [0.717, 1.165) is 11.3 Å². The molecule has 3 rings (SSSR count). The molecule has 3 aromatic rings. The maximum Gasteiger partial charge on any atom is 0.185 e. The van der Waals surface area contributed by atoms with Crippen molar-refractivity contribution in [3.63, 3.8) is 0 Å². The molecule has 0 amide bonds. The van der Waals surface area contributed by atoms with Gasteiger partial charge in [0.15, 0.2) is 5.78 Å². The zero-order chi connectivity index (χ0) is 16.8. The van der Waals surface area contributed by atoms with Gasteiger partial charge in [0, 0.05) is 5.56 Å². The number of para-hydroxylation sites is 1. The van der Waals surface area contributed by atoms with Crippen LogP contribution in [0.2, 0.25) is 0 Å². The lowest BCUT2D eigenvalue weighted by Crippen LogP contribution is -1.94. The number of carbonyl (C=O) groups is 1. The van der Waals surface area contributed by atoms with Gasteiger partial charge >= 0.3 is 0 Å². The molecule has 1 heterocycles. The average Bonchev–Trinajstić information content (AvgIpc) is 3.07. The fraction of sp³-hybridized carbons (Fsp3) is 0.0952. The van der Waals surface area contributed by atoms with Crippen molar-refractivity contribution in [1.29, 1.82) is 0 Å². The Labute approximate surface area is 141 Å². The molecule has 0 aliphatic rings. The van der Waals surface area contributed by atoms with E-state index in [-0.39, 0.29) is 5.78 Å². The van der Waals surface area contributed by atoms with Gasteiger partial charge in [-0.15, -0.1) is 0 Å². The maximum absolute atomic E-state index is 12.1. The summed E-state index contributed by atoms with van der Waals surface area (Å²) in [5, 5.41) is 0. The Morgan fingerprint density at radius 2 is 1.88 bits per heavy atom. The molecule has 1 aromatic heterocycles. The molecule has 120 valence electrons. The number of rotatable bonds is 6. The first-order valence-corrected chi connectivity index (χ1v) is 7.76. The first kappa shape index (κ1) is 15.8. The van der Waals surface area contributed by atoms with Gasteiger partial charge < -0.3 is 9.15 Å². The van der Waals surface area contributed by atoms with Gasteiger partial charge in [-0.25, -0.2) is 0 Å². The van der Waals surface area contributed by atoms with Crippen LogP contribution in [0.15, 0.2) is 77.2 Å². The summed E-state index contributed by atoms with van der Waals surface area (Å²) in [6.07, 6.45) is 3.20. The Kier molecular flexibility index (Phi) is 4.92. The number of aryl methyl sites for hydroxylation is 1. The summed E-state index contributed by atoms with van der Waals surface area (Å²) in [4.78, 5) is 12.1. The number of ketones is 1. The number of carbonyl (C=O) groups excluding carboxylic acids is 1. The fourth-order valence-electron chi connectivity index (χ4n) is 2.29. The third-order valence-electron chi connectivity index (χ3n) is 3.51. The SMILES string of the molecule is Cc1cccc(C(=O)/C=C/c2ccc(COc3ccccc3)o2)c1. The first-order valence-electron chi connectivity index (χ1n) is 7.76. The fourth-order valence-corrected chi connectivity index (χ4v) is 2.29. The van der Waals surface area contributed by atoms with Gasteiger partial charge in [-0.1, -0.05) is 42.0 Å². The molecule has 0 spiro atoms. The van der Waals surface area contributed by atoms with E-state index in [1.165, 1.54) is 6.08 Å². The van der Waals surface area contributed by atoms with Crippen LogP contribution in [-0.2, 0) is 6.61 Å². The van der Waals surface area contributed by atoms with Crippen LogP contribution in [0.5, 0.6) is 5.75 Å². The average molecular weight is 318 g/mol. The van der Waals surface area contributed by atoms with Crippen molar-refractivity contribution >= 4 is 11.9 Å². The molecule has 0 saturated heterocycles. The minimum absolute atomic E-state index is 0.0443. The van der Waals surface area contributed by atoms with Gasteiger partial charge in [-0.05, 0) is 49.4 Å². The molecule has 24 heavy (non-hydrogen) atoms. The monoisotopic (exact) mass is 318 g/mol. The Bertz CT molecular complexity index is 844. The molecule has 0 unspecified atom stereocenters. The van der Waals surface area contributed by atoms with Gasteiger partial charge in [0.2, 0.25) is 0 Å². The van der Waals surface area contributed by atoms with Crippen molar-refractivity contribution in [3.8, 4) is 5.75 Å². The van der Waals surface area contributed by atoms with E-state index < -0.39 is 0 Å². The largest absolute Gasteiger partial charge is 0.486 e. The molecule has 0 aliphatic heterocycles. The topological polar surface area (TPSA) is 39.4 Å². The molecular weight excluding hydrogens is 300 g/mol. The summed E-state index contributed by atoms with van der Waals surface area (Å²) in [7, 11) is 0. The molecule has 0 fully saturated rings. The Morgan fingerprint density at radius 1 is 1.04 bits per heavy atom. The van der Waals surface area contributed by atoms with Crippen LogP contribution in [0.1, 0.15) is 27.4 Å². The Morgan fingerprint density at radius 3 is 2.67 bits per heavy atom. The molecule has 0 radical (unpaired) electrons. The van der Waals surface area contributed by atoms with Gasteiger partial charge in [0.05, 0.1) is 0 Å². The van der Waals surface area contributed by atoms with E-state index in [0.29, 0.717) is 23.7 Å². The molecular formula is C21H18O3. The van der Waals surface area contributed by atoms with Crippen LogP contribution >= 0.6 is 0 Å².